The molecule has 0 spiro atoms. The van der Waals surface area contributed by atoms with E-state index >= 15 is 0 Å². The zero-order valence-electron chi connectivity index (χ0n) is 16.0. The minimum absolute atomic E-state index is 0.0368. The monoisotopic (exact) mass is 404 g/mol. The number of nitrogens with zero attached hydrogens (tertiary/aromatic N) is 2. The fourth-order valence-corrected chi connectivity index (χ4v) is 5.31. The molecule has 7 nitrogen and oxygen atoms in total. The number of ether oxygens (including phenoxy) is 1. The summed E-state index contributed by atoms with van der Waals surface area (Å²) in [4.78, 5) is 10.7. The number of nitro benzene ring substituents is 1. The Hall–Kier alpha value is -2.45. The van der Waals surface area contributed by atoms with Gasteiger partial charge in [0.2, 0.25) is 10.0 Å². The van der Waals surface area contributed by atoms with Crippen LogP contribution in [0.3, 0.4) is 0 Å². The number of rotatable bonds is 5. The van der Waals surface area contributed by atoms with Crippen molar-refractivity contribution in [2.45, 2.75) is 43.5 Å². The molecular formula is C20H24N2O5S. The maximum Gasteiger partial charge on any atom is 0.273 e. The Morgan fingerprint density at radius 2 is 1.82 bits per heavy atom. The quantitative estimate of drug-likeness (QED) is 0.550. The van der Waals surface area contributed by atoms with E-state index < -0.39 is 14.9 Å². The van der Waals surface area contributed by atoms with Crippen molar-refractivity contribution in [3.05, 3.63) is 63.7 Å². The molecule has 150 valence electrons. The zero-order chi connectivity index (χ0) is 20.3. The first kappa shape index (κ1) is 20.3. The molecule has 8 heteroatoms. The lowest BCUT2D eigenvalue weighted by molar-refractivity contribution is -0.385. The molecule has 1 saturated heterocycles. The molecule has 1 aliphatic rings. The molecule has 1 unspecified atom stereocenters. The summed E-state index contributed by atoms with van der Waals surface area (Å²) in [6.45, 7) is 1.99. The van der Waals surface area contributed by atoms with Crippen LogP contribution in [0.15, 0.2) is 47.4 Å². The first-order valence-electron chi connectivity index (χ1n) is 9.25. The molecule has 1 aliphatic heterocycles. The maximum absolute atomic E-state index is 13.4. The second-order valence-electron chi connectivity index (χ2n) is 6.96. The summed E-state index contributed by atoms with van der Waals surface area (Å²) in [5.74, 6) is 0.709. The summed E-state index contributed by atoms with van der Waals surface area (Å²) in [5.41, 5.74) is 1.15. The first-order chi connectivity index (χ1) is 13.3. The molecule has 2 aromatic carbocycles. The zero-order valence-corrected chi connectivity index (χ0v) is 16.8. The van der Waals surface area contributed by atoms with E-state index in [2.05, 4.69) is 0 Å². The van der Waals surface area contributed by atoms with Gasteiger partial charge in [-0.3, -0.25) is 10.1 Å². The lowest BCUT2D eigenvalue weighted by atomic mass is 10.0. The topological polar surface area (TPSA) is 89.8 Å². The van der Waals surface area contributed by atoms with Gasteiger partial charge in [0.25, 0.3) is 5.69 Å². The van der Waals surface area contributed by atoms with E-state index in [-0.39, 0.29) is 16.6 Å². The third-order valence-corrected chi connectivity index (χ3v) is 7.09. The van der Waals surface area contributed by atoms with Crippen LogP contribution in [0.1, 0.15) is 42.9 Å². The summed E-state index contributed by atoms with van der Waals surface area (Å²) in [6.07, 6.45) is 3.35. The summed E-state index contributed by atoms with van der Waals surface area (Å²) in [7, 11) is -2.29. The molecule has 0 amide bonds. The molecule has 0 radical (unpaired) electrons. The smallest absolute Gasteiger partial charge is 0.273 e. The largest absolute Gasteiger partial charge is 0.497 e. The van der Waals surface area contributed by atoms with Crippen molar-refractivity contribution < 1.29 is 18.1 Å². The third-order valence-electron chi connectivity index (χ3n) is 5.19. The molecular weight excluding hydrogens is 380 g/mol. The van der Waals surface area contributed by atoms with Gasteiger partial charge in [-0.05, 0) is 43.5 Å². The van der Waals surface area contributed by atoms with Gasteiger partial charge in [0, 0.05) is 18.2 Å². The van der Waals surface area contributed by atoms with Crippen LogP contribution >= 0.6 is 0 Å². The van der Waals surface area contributed by atoms with Crippen molar-refractivity contribution in [1.82, 2.24) is 4.31 Å². The van der Waals surface area contributed by atoms with Crippen LogP contribution in [0.4, 0.5) is 5.69 Å². The first-order valence-corrected chi connectivity index (χ1v) is 10.7. The van der Waals surface area contributed by atoms with Crippen LogP contribution < -0.4 is 4.74 Å². The molecule has 0 N–H and O–H groups in total. The lowest BCUT2D eigenvalue weighted by Gasteiger charge is -2.29. The average Bonchev–Trinajstić information content (AvgIpc) is 2.94. The van der Waals surface area contributed by atoms with Crippen LogP contribution in [0.2, 0.25) is 0 Å². The van der Waals surface area contributed by atoms with E-state index in [0.29, 0.717) is 24.3 Å². The van der Waals surface area contributed by atoms with Crippen molar-refractivity contribution >= 4 is 15.7 Å². The van der Waals surface area contributed by atoms with Gasteiger partial charge in [-0.1, -0.05) is 31.0 Å². The van der Waals surface area contributed by atoms with Gasteiger partial charge in [0.05, 0.1) is 23.0 Å². The van der Waals surface area contributed by atoms with Crippen LogP contribution in [-0.4, -0.2) is 31.3 Å². The summed E-state index contributed by atoms with van der Waals surface area (Å²) >= 11 is 0. The van der Waals surface area contributed by atoms with E-state index in [4.69, 9.17) is 4.74 Å². The highest BCUT2D eigenvalue weighted by Crippen LogP contribution is 2.36. The van der Waals surface area contributed by atoms with Gasteiger partial charge in [-0.15, -0.1) is 0 Å². The Morgan fingerprint density at radius 3 is 2.46 bits per heavy atom. The Bertz CT molecular complexity index is 957. The number of nitro groups is 1. The standard InChI is InChI=1S/C20H24N2O5S/c1-15-7-12-18(14-20(15)22(23)24)28(25,26)21-13-5-3-4-6-19(21)16-8-10-17(27-2)11-9-16/h7-12,14,19H,3-6,13H2,1-2H3. The molecule has 0 bridgehead atoms. The lowest BCUT2D eigenvalue weighted by Crippen LogP contribution is -2.34. The summed E-state index contributed by atoms with van der Waals surface area (Å²) in [5, 5.41) is 11.3. The molecule has 3 rings (SSSR count). The van der Waals surface area contributed by atoms with Crippen LogP contribution in [0.25, 0.3) is 0 Å². The Kier molecular flexibility index (Phi) is 6.00. The molecule has 0 aromatic heterocycles. The summed E-state index contributed by atoms with van der Waals surface area (Å²) < 4.78 is 33.5. The Balaban J connectivity index is 2.03. The Morgan fingerprint density at radius 1 is 1.11 bits per heavy atom. The van der Waals surface area contributed by atoms with E-state index in [9.17, 15) is 18.5 Å². The van der Waals surface area contributed by atoms with Crippen molar-refractivity contribution in [2.75, 3.05) is 13.7 Å². The van der Waals surface area contributed by atoms with E-state index in [1.165, 1.54) is 22.5 Å². The van der Waals surface area contributed by atoms with E-state index in [0.717, 1.165) is 24.8 Å². The highest BCUT2D eigenvalue weighted by Gasteiger charge is 2.34. The number of aryl methyl sites for hydroxylation is 1. The Labute approximate surface area is 165 Å². The molecule has 0 saturated carbocycles. The fraction of sp³-hybridized carbons (Fsp3) is 0.400. The number of sulfonamides is 1. The SMILES string of the molecule is COc1ccc(C2CCCCCN2S(=O)(=O)c2ccc(C)c([N+](=O)[O-])c2)cc1. The maximum atomic E-state index is 13.4. The molecule has 0 aliphatic carbocycles. The second kappa shape index (κ2) is 8.28. The summed E-state index contributed by atoms with van der Waals surface area (Å²) in [6, 6.07) is 11.2. The second-order valence-corrected chi connectivity index (χ2v) is 8.85. The minimum Gasteiger partial charge on any atom is -0.497 e. The van der Waals surface area contributed by atoms with Gasteiger partial charge in [-0.2, -0.15) is 4.31 Å². The van der Waals surface area contributed by atoms with Gasteiger partial charge >= 0.3 is 0 Å². The van der Waals surface area contributed by atoms with E-state index in [1.807, 2.05) is 24.3 Å². The number of benzene rings is 2. The van der Waals surface area contributed by atoms with Crippen LogP contribution in [-0.2, 0) is 10.0 Å². The highest BCUT2D eigenvalue weighted by molar-refractivity contribution is 7.89. The molecule has 1 heterocycles. The molecule has 28 heavy (non-hydrogen) atoms. The number of hydrogen-bond donors (Lipinski definition) is 0. The van der Waals surface area contributed by atoms with Crippen molar-refractivity contribution in [3.63, 3.8) is 0 Å². The van der Waals surface area contributed by atoms with Gasteiger partial charge in [0.15, 0.2) is 0 Å². The predicted octanol–water partition coefficient (Wildman–Crippen LogP) is 4.22. The molecule has 2 aromatic rings. The molecule has 1 atom stereocenters. The number of hydrogen-bond acceptors (Lipinski definition) is 5. The fourth-order valence-electron chi connectivity index (χ4n) is 3.61. The van der Waals surface area contributed by atoms with Gasteiger partial charge in [-0.25, -0.2) is 8.42 Å². The van der Waals surface area contributed by atoms with Gasteiger partial charge in [0.1, 0.15) is 5.75 Å². The average molecular weight is 404 g/mol. The predicted molar refractivity (Wildman–Crippen MR) is 106 cm³/mol. The molecule has 1 fully saturated rings. The van der Waals surface area contributed by atoms with Crippen molar-refractivity contribution in [1.29, 1.82) is 0 Å². The van der Waals surface area contributed by atoms with Crippen molar-refractivity contribution in [2.24, 2.45) is 0 Å². The highest BCUT2D eigenvalue weighted by atomic mass is 32.2. The normalized spacial score (nSPS) is 18.4. The number of methoxy groups -OCH3 is 1. The van der Waals surface area contributed by atoms with E-state index in [1.54, 1.807) is 14.0 Å². The van der Waals surface area contributed by atoms with Crippen LogP contribution in [0, 0.1) is 17.0 Å². The van der Waals surface area contributed by atoms with Crippen molar-refractivity contribution in [3.8, 4) is 5.75 Å². The van der Waals surface area contributed by atoms with Crippen LogP contribution in [0.5, 0.6) is 5.75 Å². The van der Waals surface area contributed by atoms with Gasteiger partial charge < -0.3 is 4.74 Å². The minimum atomic E-state index is -3.87. The third kappa shape index (κ3) is 4.02.